The van der Waals surface area contributed by atoms with Crippen LogP contribution in [0.3, 0.4) is 0 Å². The van der Waals surface area contributed by atoms with E-state index in [0.717, 1.165) is 0 Å². The molecule has 5 heteroatoms. The van der Waals surface area contributed by atoms with Gasteiger partial charge < -0.3 is 19.7 Å². The van der Waals surface area contributed by atoms with Crippen molar-refractivity contribution < 1.29 is 24.5 Å². The lowest BCUT2D eigenvalue weighted by Crippen LogP contribution is -1.93. The normalized spacial score (nSPS) is 12.9. The Morgan fingerprint density at radius 1 is 1.38 bits per heavy atom. The van der Waals surface area contributed by atoms with E-state index >= 15 is 0 Å². The third-order valence-corrected chi connectivity index (χ3v) is 1.77. The van der Waals surface area contributed by atoms with Crippen molar-refractivity contribution in [2.45, 2.75) is 0 Å². The summed E-state index contributed by atoms with van der Waals surface area (Å²) < 4.78 is 9.79. The maximum atomic E-state index is 10.4. The minimum absolute atomic E-state index is 0.0232. The molecule has 1 aliphatic heterocycles. The zero-order valence-corrected chi connectivity index (χ0v) is 6.48. The highest BCUT2D eigenvalue weighted by molar-refractivity contribution is 5.86. The van der Waals surface area contributed by atoms with Crippen LogP contribution in [0.4, 0.5) is 0 Å². The number of phenols is 2. The summed E-state index contributed by atoms with van der Waals surface area (Å²) in [5, 5.41) is 18.6. The van der Waals surface area contributed by atoms with Crippen LogP contribution in [0.1, 0.15) is 10.4 Å². The molecule has 2 N–H and O–H groups in total. The second-order valence-electron chi connectivity index (χ2n) is 2.51. The molecule has 0 amide bonds. The van der Waals surface area contributed by atoms with Crippen LogP contribution in [0.2, 0.25) is 0 Å². The summed E-state index contributed by atoms with van der Waals surface area (Å²) in [6, 6.07) is 1.23. The summed E-state index contributed by atoms with van der Waals surface area (Å²) in [6.07, 6.45) is 0.354. The van der Waals surface area contributed by atoms with Gasteiger partial charge in [-0.05, 0) is 0 Å². The van der Waals surface area contributed by atoms with Crippen LogP contribution in [0.25, 0.3) is 0 Å². The summed E-state index contributed by atoms with van der Waals surface area (Å²) in [5.41, 5.74) is -0.191. The maximum absolute atomic E-state index is 10.4. The van der Waals surface area contributed by atoms with Gasteiger partial charge in [-0.2, -0.15) is 0 Å². The molecule has 0 unspecified atom stereocenters. The molecular weight excluding hydrogens is 176 g/mol. The molecule has 2 rings (SSSR count). The van der Waals surface area contributed by atoms with E-state index < -0.39 is 0 Å². The van der Waals surface area contributed by atoms with E-state index in [1.807, 2.05) is 0 Å². The number of rotatable bonds is 1. The van der Waals surface area contributed by atoms with Crippen molar-refractivity contribution in [3.63, 3.8) is 0 Å². The van der Waals surface area contributed by atoms with Crippen molar-refractivity contribution in [1.82, 2.24) is 0 Å². The highest BCUT2D eigenvalue weighted by Gasteiger charge is 2.23. The SMILES string of the molecule is O=Cc1c(O)cc2c(c1O)OCO2. The smallest absolute Gasteiger partial charge is 0.231 e. The highest BCUT2D eigenvalue weighted by Crippen LogP contribution is 2.45. The zero-order valence-electron chi connectivity index (χ0n) is 6.48. The number of phenolic OH excluding ortho intramolecular Hbond substituents is 2. The molecule has 13 heavy (non-hydrogen) atoms. The molecule has 1 heterocycles. The Kier molecular flexibility index (Phi) is 1.51. The van der Waals surface area contributed by atoms with Crippen molar-refractivity contribution in [2.75, 3.05) is 6.79 Å². The van der Waals surface area contributed by atoms with Crippen LogP contribution < -0.4 is 9.47 Å². The highest BCUT2D eigenvalue weighted by atomic mass is 16.7. The van der Waals surface area contributed by atoms with Gasteiger partial charge in [0.05, 0.1) is 0 Å². The van der Waals surface area contributed by atoms with Gasteiger partial charge in [0, 0.05) is 6.07 Å². The number of hydrogen-bond donors (Lipinski definition) is 2. The van der Waals surface area contributed by atoms with Gasteiger partial charge in [0.15, 0.2) is 17.8 Å². The lowest BCUT2D eigenvalue weighted by molar-refractivity contribution is 0.111. The van der Waals surface area contributed by atoms with Gasteiger partial charge in [-0.25, -0.2) is 0 Å². The largest absolute Gasteiger partial charge is 0.507 e. The van der Waals surface area contributed by atoms with Crippen LogP contribution in [0.15, 0.2) is 6.07 Å². The molecule has 0 atom stereocenters. The molecule has 1 aromatic carbocycles. The molecule has 0 spiro atoms. The van der Waals surface area contributed by atoms with Crippen molar-refractivity contribution in [3.8, 4) is 23.0 Å². The first-order valence-electron chi connectivity index (χ1n) is 3.53. The fourth-order valence-corrected chi connectivity index (χ4v) is 1.14. The fraction of sp³-hybridized carbons (Fsp3) is 0.125. The second-order valence-corrected chi connectivity index (χ2v) is 2.51. The standard InChI is InChI=1S/C8H6O5/c9-2-4-5(10)1-6-8(7(4)11)13-3-12-6/h1-2,10-11H,3H2. The third-order valence-electron chi connectivity index (χ3n) is 1.77. The molecule has 68 valence electrons. The van der Waals surface area contributed by atoms with Gasteiger partial charge in [-0.3, -0.25) is 4.79 Å². The summed E-state index contributed by atoms with van der Waals surface area (Å²) in [4.78, 5) is 10.4. The van der Waals surface area contributed by atoms with Gasteiger partial charge in [0.25, 0.3) is 0 Å². The number of fused-ring (bicyclic) bond motifs is 1. The van der Waals surface area contributed by atoms with Crippen LogP contribution in [-0.4, -0.2) is 23.3 Å². The molecule has 5 nitrogen and oxygen atoms in total. The van der Waals surface area contributed by atoms with E-state index in [1.165, 1.54) is 6.07 Å². The van der Waals surface area contributed by atoms with Crippen molar-refractivity contribution in [2.24, 2.45) is 0 Å². The van der Waals surface area contributed by atoms with Crippen molar-refractivity contribution in [3.05, 3.63) is 11.6 Å². The summed E-state index contributed by atoms with van der Waals surface area (Å²) in [7, 11) is 0. The van der Waals surface area contributed by atoms with Gasteiger partial charge in [0.2, 0.25) is 12.5 Å². The number of carbonyl (C=O) groups is 1. The van der Waals surface area contributed by atoms with Crippen molar-refractivity contribution in [1.29, 1.82) is 0 Å². The van der Waals surface area contributed by atoms with E-state index in [9.17, 15) is 15.0 Å². The minimum Gasteiger partial charge on any atom is -0.507 e. The molecule has 1 aliphatic rings. The lowest BCUT2D eigenvalue weighted by Gasteiger charge is -2.03. The molecule has 0 fully saturated rings. The van der Waals surface area contributed by atoms with Crippen LogP contribution >= 0.6 is 0 Å². The molecule has 0 saturated heterocycles. The Morgan fingerprint density at radius 2 is 2.15 bits per heavy atom. The van der Waals surface area contributed by atoms with Gasteiger partial charge in [-0.1, -0.05) is 0 Å². The zero-order chi connectivity index (χ0) is 9.42. The summed E-state index contributed by atoms with van der Waals surface area (Å²) in [6.45, 7) is -0.0232. The van der Waals surface area contributed by atoms with Crippen molar-refractivity contribution >= 4 is 6.29 Å². The summed E-state index contributed by atoms with van der Waals surface area (Å²) >= 11 is 0. The Morgan fingerprint density at radius 3 is 2.85 bits per heavy atom. The minimum atomic E-state index is -0.387. The second kappa shape index (κ2) is 2.55. The topological polar surface area (TPSA) is 76.0 Å². The van der Waals surface area contributed by atoms with Gasteiger partial charge in [-0.15, -0.1) is 0 Å². The van der Waals surface area contributed by atoms with Gasteiger partial charge >= 0.3 is 0 Å². The Hall–Kier alpha value is -1.91. The Labute approximate surface area is 73.1 Å². The summed E-state index contributed by atoms with van der Waals surface area (Å²) in [5.74, 6) is -0.375. The lowest BCUT2D eigenvalue weighted by atomic mass is 10.1. The molecule has 0 bridgehead atoms. The molecule has 1 aromatic rings. The maximum Gasteiger partial charge on any atom is 0.231 e. The van der Waals surface area contributed by atoms with Crippen LogP contribution in [0, 0.1) is 0 Å². The van der Waals surface area contributed by atoms with Crippen LogP contribution in [0.5, 0.6) is 23.0 Å². The van der Waals surface area contributed by atoms with E-state index in [1.54, 1.807) is 0 Å². The van der Waals surface area contributed by atoms with E-state index in [4.69, 9.17) is 9.47 Å². The average molecular weight is 182 g/mol. The van der Waals surface area contributed by atoms with Gasteiger partial charge in [0.1, 0.15) is 11.3 Å². The average Bonchev–Trinajstić information content (AvgIpc) is 2.53. The number of carbonyl (C=O) groups excluding carboxylic acids is 1. The number of benzene rings is 1. The molecule has 0 aromatic heterocycles. The monoisotopic (exact) mass is 182 g/mol. The first-order chi connectivity index (χ1) is 6.24. The quantitative estimate of drug-likeness (QED) is 0.623. The number of aromatic hydroxyl groups is 2. The number of ether oxygens (including phenoxy) is 2. The van der Waals surface area contributed by atoms with E-state index in [-0.39, 0.29) is 35.4 Å². The van der Waals surface area contributed by atoms with E-state index in [2.05, 4.69) is 0 Å². The Balaban J connectivity index is 2.69. The first-order valence-corrected chi connectivity index (χ1v) is 3.53. The predicted octanol–water partition coefficient (Wildman–Crippen LogP) is 0.639. The number of aldehydes is 1. The van der Waals surface area contributed by atoms with E-state index in [0.29, 0.717) is 6.29 Å². The molecule has 0 radical (unpaired) electrons. The molecule has 0 saturated carbocycles. The molecule has 0 aliphatic carbocycles. The fourth-order valence-electron chi connectivity index (χ4n) is 1.14. The third kappa shape index (κ3) is 0.970. The van der Waals surface area contributed by atoms with Crippen LogP contribution in [-0.2, 0) is 0 Å². The molecular formula is C8H6O5. The first kappa shape index (κ1) is 7.72. The Bertz CT molecular complexity index is 371. The number of hydrogen-bond acceptors (Lipinski definition) is 5. The predicted molar refractivity (Wildman–Crippen MR) is 41.3 cm³/mol.